The lowest BCUT2D eigenvalue weighted by molar-refractivity contribution is -0.159. The lowest BCUT2D eigenvalue weighted by atomic mass is 9.80. The van der Waals surface area contributed by atoms with Gasteiger partial charge in [-0.25, -0.2) is 8.78 Å². The van der Waals surface area contributed by atoms with Crippen molar-refractivity contribution in [1.82, 2.24) is 4.90 Å². The second-order valence-corrected chi connectivity index (χ2v) is 5.85. The van der Waals surface area contributed by atoms with Crippen LogP contribution in [-0.2, 0) is 20.7 Å². The summed E-state index contributed by atoms with van der Waals surface area (Å²) >= 11 is 0. The molecule has 1 saturated heterocycles. The Morgan fingerprint density at radius 1 is 1.39 bits per heavy atom. The predicted octanol–water partition coefficient (Wildman–Crippen LogP) is 1.85. The third-order valence-electron chi connectivity index (χ3n) is 4.16. The van der Waals surface area contributed by atoms with E-state index in [0.29, 0.717) is 19.4 Å². The number of carboxylic acid groups (broad SMARTS) is 1. The summed E-state index contributed by atoms with van der Waals surface area (Å²) in [5.41, 5.74) is -1.04. The van der Waals surface area contributed by atoms with E-state index in [2.05, 4.69) is 0 Å². The fourth-order valence-corrected chi connectivity index (χ4v) is 2.91. The second-order valence-electron chi connectivity index (χ2n) is 5.85. The summed E-state index contributed by atoms with van der Waals surface area (Å²) < 4.78 is 31.6. The van der Waals surface area contributed by atoms with Crippen molar-refractivity contribution < 1.29 is 28.2 Å². The van der Waals surface area contributed by atoms with Crippen molar-refractivity contribution in [3.63, 3.8) is 0 Å². The monoisotopic (exact) mass is 327 g/mol. The minimum Gasteiger partial charge on any atom is -0.481 e. The molecule has 1 aromatic carbocycles. The van der Waals surface area contributed by atoms with Gasteiger partial charge in [0.2, 0.25) is 5.91 Å². The molecule has 1 unspecified atom stereocenters. The number of hydrogen-bond donors (Lipinski definition) is 1. The van der Waals surface area contributed by atoms with Crippen LogP contribution in [0.5, 0.6) is 0 Å². The SMILES string of the molecule is COCC1(C(=O)O)CCCN(C(=O)Cc2ccc(F)cc2F)C1. The molecular formula is C16H19F2NO4. The Labute approximate surface area is 132 Å². The number of amides is 1. The van der Waals surface area contributed by atoms with E-state index in [9.17, 15) is 23.5 Å². The van der Waals surface area contributed by atoms with Crippen LogP contribution in [0.15, 0.2) is 18.2 Å². The van der Waals surface area contributed by atoms with Gasteiger partial charge in [0.15, 0.2) is 0 Å². The van der Waals surface area contributed by atoms with Crippen LogP contribution in [0.3, 0.4) is 0 Å². The Bertz CT molecular complexity index is 604. The number of methoxy groups -OCH3 is 1. The normalized spacial score (nSPS) is 21.3. The zero-order valence-corrected chi connectivity index (χ0v) is 12.8. The summed E-state index contributed by atoms with van der Waals surface area (Å²) in [6.45, 7) is 0.454. The molecule has 0 bridgehead atoms. The number of hydrogen-bond acceptors (Lipinski definition) is 3. The highest BCUT2D eigenvalue weighted by atomic mass is 19.1. The third kappa shape index (κ3) is 3.85. The summed E-state index contributed by atoms with van der Waals surface area (Å²) in [5.74, 6) is -2.87. The number of benzene rings is 1. The molecule has 5 nitrogen and oxygen atoms in total. The Balaban J connectivity index is 2.11. The molecule has 1 N–H and O–H groups in total. The molecule has 1 fully saturated rings. The first-order valence-corrected chi connectivity index (χ1v) is 7.32. The highest BCUT2D eigenvalue weighted by Crippen LogP contribution is 2.31. The van der Waals surface area contributed by atoms with Crippen molar-refractivity contribution in [2.75, 3.05) is 26.8 Å². The standard InChI is InChI=1S/C16H19F2NO4/c1-23-10-16(15(21)22)5-2-6-19(9-16)14(20)7-11-3-4-12(17)8-13(11)18/h3-4,8H,2,5-7,9-10H2,1H3,(H,21,22). The Morgan fingerprint density at radius 2 is 2.13 bits per heavy atom. The number of carbonyl (C=O) groups excluding carboxylic acids is 1. The smallest absolute Gasteiger partial charge is 0.313 e. The van der Waals surface area contributed by atoms with Gasteiger partial charge < -0.3 is 14.7 Å². The quantitative estimate of drug-likeness (QED) is 0.896. The van der Waals surface area contributed by atoms with E-state index in [0.717, 1.165) is 12.1 Å². The number of rotatable bonds is 5. The van der Waals surface area contributed by atoms with Crippen molar-refractivity contribution in [1.29, 1.82) is 0 Å². The summed E-state index contributed by atoms with van der Waals surface area (Å²) in [7, 11) is 1.42. The summed E-state index contributed by atoms with van der Waals surface area (Å²) in [6, 6.07) is 3.05. The predicted molar refractivity (Wildman–Crippen MR) is 77.8 cm³/mol. The average molecular weight is 327 g/mol. The van der Waals surface area contributed by atoms with Crippen molar-refractivity contribution in [3.05, 3.63) is 35.4 Å². The molecule has 0 aliphatic carbocycles. The van der Waals surface area contributed by atoms with Gasteiger partial charge >= 0.3 is 5.97 Å². The number of aliphatic carboxylic acids is 1. The van der Waals surface area contributed by atoms with Crippen molar-refractivity contribution in [3.8, 4) is 0 Å². The van der Waals surface area contributed by atoms with Crippen molar-refractivity contribution >= 4 is 11.9 Å². The van der Waals surface area contributed by atoms with Gasteiger partial charge in [-0.05, 0) is 24.5 Å². The number of carbonyl (C=O) groups is 2. The van der Waals surface area contributed by atoms with Crippen LogP contribution in [-0.4, -0.2) is 48.7 Å². The lowest BCUT2D eigenvalue weighted by Crippen LogP contribution is -2.52. The van der Waals surface area contributed by atoms with E-state index in [-0.39, 0.29) is 31.0 Å². The molecule has 0 aromatic heterocycles. The van der Waals surface area contributed by atoms with Crippen LogP contribution in [0.25, 0.3) is 0 Å². The van der Waals surface area contributed by atoms with Crippen LogP contribution in [0.2, 0.25) is 0 Å². The van der Waals surface area contributed by atoms with Gasteiger partial charge in [-0.3, -0.25) is 9.59 Å². The largest absolute Gasteiger partial charge is 0.481 e. The van der Waals surface area contributed by atoms with Gasteiger partial charge in [0.1, 0.15) is 17.0 Å². The zero-order chi connectivity index (χ0) is 17.0. The molecule has 1 heterocycles. The maximum Gasteiger partial charge on any atom is 0.313 e. The van der Waals surface area contributed by atoms with Gasteiger partial charge in [-0.2, -0.15) is 0 Å². The van der Waals surface area contributed by atoms with Crippen LogP contribution >= 0.6 is 0 Å². The minimum atomic E-state index is -1.13. The van der Waals surface area contributed by atoms with Crippen LogP contribution < -0.4 is 0 Å². The Kier molecular flexibility index (Phi) is 5.30. The molecule has 1 atom stereocenters. The fraction of sp³-hybridized carbons (Fsp3) is 0.500. The van der Waals surface area contributed by atoms with E-state index < -0.39 is 23.0 Å². The van der Waals surface area contributed by atoms with E-state index in [1.807, 2.05) is 0 Å². The van der Waals surface area contributed by atoms with Crippen LogP contribution in [0, 0.1) is 17.0 Å². The molecule has 23 heavy (non-hydrogen) atoms. The molecule has 7 heteroatoms. The van der Waals surface area contributed by atoms with E-state index in [1.165, 1.54) is 18.1 Å². The number of nitrogens with zero attached hydrogens (tertiary/aromatic N) is 1. The first kappa shape index (κ1) is 17.3. The van der Waals surface area contributed by atoms with Gasteiger partial charge in [0.25, 0.3) is 0 Å². The molecule has 1 amide bonds. The second kappa shape index (κ2) is 7.04. The molecule has 0 saturated carbocycles. The summed E-state index contributed by atoms with van der Waals surface area (Å²) in [6.07, 6.45) is 0.729. The Hall–Kier alpha value is -2.02. The topological polar surface area (TPSA) is 66.8 Å². The highest BCUT2D eigenvalue weighted by molar-refractivity contribution is 5.81. The van der Waals surface area contributed by atoms with Crippen molar-refractivity contribution in [2.45, 2.75) is 19.3 Å². The molecule has 0 radical (unpaired) electrons. The van der Waals surface area contributed by atoms with Crippen LogP contribution in [0.1, 0.15) is 18.4 Å². The number of likely N-dealkylation sites (tertiary alicyclic amines) is 1. The molecular weight excluding hydrogens is 308 g/mol. The maximum atomic E-state index is 13.7. The molecule has 0 spiro atoms. The average Bonchev–Trinajstić information content (AvgIpc) is 2.50. The molecule has 1 aliphatic heterocycles. The van der Waals surface area contributed by atoms with E-state index in [4.69, 9.17) is 4.74 Å². The molecule has 1 aliphatic rings. The number of piperidine rings is 1. The first-order valence-electron chi connectivity index (χ1n) is 7.32. The maximum absolute atomic E-state index is 13.7. The fourth-order valence-electron chi connectivity index (χ4n) is 2.91. The highest BCUT2D eigenvalue weighted by Gasteiger charge is 2.43. The van der Waals surface area contributed by atoms with Gasteiger partial charge in [0.05, 0.1) is 13.0 Å². The molecule has 126 valence electrons. The number of carboxylic acids is 1. The van der Waals surface area contributed by atoms with Gasteiger partial charge in [0, 0.05) is 26.3 Å². The minimum absolute atomic E-state index is 0.0109. The first-order chi connectivity index (χ1) is 10.9. The summed E-state index contributed by atoms with van der Waals surface area (Å²) in [5, 5.41) is 9.46. The number of halogens is 2. The Morgan fingerprint density at radius 3 is 2.74 bits per heavy atom. The van der Waals surface area contributed by atoms with E-state index in [1.54, 1.807) is 0 Å². The summed E-state index contributed by atoms with van der Waals surface area (Å²) in [4.78, 5) is 25.3. The third-order valence-corrected chi connectivity index (χ3v) is 4.16. The molecule has 2 rings (SSSR count). The lowest BCUT2D eigenvalue weighted by Gasteiger charge is -2.39. The molecule has 1 aromatic rings. The number of ether oxygens (including phenoxy) is 1. The van der Waals surface area contributed by atoms with Crippen molar-refractivity contribution in [2.24, 2.45) is 5.41 Å². The van der Waals surface area contributed by atoms with Gasteiger partial charge in [-0.15, -0.1) is 0 Å². The van der Waals surface area contributed by atoms with Crippen LogP contribution in [0.4, 0.5) is 8.78 Å². The van der Waals surface area contributed by atoms with E-state index >= 15 is 0 Å². The van der Waals surface area contributed by atoms with Gasteiger partial charge in [-0.1, -0.05) is 6.07 Å². The zero-order valence-electron chi connectivity index (χ0n) is 12.8.